The second-order valence-corrected chi connectivity index (χ2v) is 10.9. The van der Waals surface area contributed by atoms with E-state index in [2.05, 4.69) is 68.5 Å². The number of unbranched alkanes of at least 4 members (excludes halogenated alkanes) is 3. The van der Waals surface area contributed by atoms with E-state index in [9.17, 15) is 0 Å². The third kappa shape index (κ3) is 6.84. The first-order valence-electron chi connectivity index (χ1n) is 14.2. The lowest BCUT2D eigenvalue weighted by atomic mass is 9.77. The van der Waals surface area contributed by atoms with Crippen LogP contribution < -0.4 is 0 Å². The van der Waals surface area contributed by atoms with E-state index in [1.54, 1.807) is 11.1 Å². The molecule has 0 N–H and O–H groups in total. The van der Waals surface area contributed by atoms with E-state index in [-0.39, 0.29) is 0 Å². The van der Waals surface area contributed by atoms with E-state index >= 15 is 0 Å². The summed E-state index contributed by atoms with van der Waals surface area (Å²) in [6.45, 7) is 4.62. The smallest absolute Gasteiger partial charge is 0.0162 e. The molecular formula is C33H46. The molecule has 4 rings (SSSR count). The molecule has 33 heavy (non-hydrogen) atoms. The quantitative estimate of drug-likeness (QED) is 0.321. The van der Waals surface area contributed by atoms with Crippen molar-refractivity contribution in [3.8, 4) is 11.1 Å². The number of hydrogen-bond acceptors (Lipinski definition) is 0. The molecule has 0 heterocycles. The van der Waals surface area contributed by atoms with Crippen molar-refractivity contribution in [1.29, 1.82) is 0 Å². The fraction of sp³-hybridized carbons (Fsp3) is 0.576. The van der Waals surface area contributed by atoms with E-state index in [4.69, 9.17) is 0 Å². The number of allylic oxidation sites excluding steroid dienone is 2. The van der Waals surface area contributed by atoms with Crippen molar-refractivity contribution < 1.29 is 0 Å². The summed E-state index contributed by atoms with van der Waals surface area (Å²) in [6, 6.07) is 18.9. The maximum absolute atomic E-state index is 2.53. The van der Waals surface area contributed by atoms with Crippen molar-refractivity contribution >= 4 is 5.57 Å². The standard InChI is InChI=1S/C33H46/c1-3-5-7-9-27-12-16-29(17-13-27)31-20-24-33(25-21-31)32-22-18-30(19-23-32)28-14-10-26(11-15-28)8-6-4-2/h16,18-28H,3-15,17H2,1-2H3/t26-,27?,28-. The highest BCUT2D eigenvalue weighted by Gasteiger charge is 2.22. The van der Waals surface area contributed by atoms with Crippen LogP contribution in [0.2, 0.25) is 0 Å². The van der Waals surface area contributed by atoms with Gasteiger partial charge in [-0.25, -0.2) is 0 Å². The predicted octanol–water partition coefficient (Wildman–Crippen LogP) is 10.6. The molecule has 0 radical (unpaired) electrons. The Morgan fingerprint density at radius 2 is 1.21 bits per heavy atom. The molecule has 1 fully saturated rings. The minimum atomic E-state index is 0.781. The van der Waals surface area contributed by atoms with Gasteiger partial charge in [0, 0.05) is 0 Å². The van der Waals surface area contributed by atoms with Gasteiger partial charge < -0.3 is 0 Å². The average Bonchev–Trinajstić information content (AvgIpc) is 2.89. The highest BCUT2D eigenvalue weighted by molar-refractivity contribution is 5.71. The summed E-state index contributed by atoms with van der Waals surface area (Å²) in [7, 11) is 0. The summed E-state index contributed by atoms with van der Waals surface area (Å²) in [5.41, 5.74) is 7.27. The Morgan fingerprint density at radius 3 is 1.82 bits per heavy atom. The van der Waals surface area contributed by atoms with E-state index in [1.807, 2.05) is 0 Å². The van der Waals surface area contributed by atoms with Gasteiger partial charge in [0.15, 0.2) is 0 Å². The summed E-state index contributed by atoms with van der Waals surface area (Å²) < 4.78 is 0. The van der Waals surface area contributed by atoms with Crippen LogP contribution in [0.15, 0.2) is 54.6 Å². The second kappa shape index (κ2) is 12.6. The summed E-state index contributed by atoms with van der Waals surface area (Å²) in [5, 5.41) is 0. The molecule has 0 amide bonds. The minimum Gasteiger partial charge on any atom is -0.0804 e. The highest BCUT2D eigenvalue weighted by Crippen LogP contribution is 2.38. The summed E-state index contributed by atoms with van der Waals surface area (Å²) in [5.74, 6) is 2.69. The van der Waals surface area contributed by atoms with Gasteiger partial charge in [-0.1, -0.05) is 113 Å². The molecule has 0 saturated heterocycles. The third-order valence-corrected chi connectivity index (χ3v) is 8.52. The maximum Gasteiger partial charge on any atom is -0.0162 e. The lowest BCUT2D eigenvalue weighted by molar-refractivity contribution is 0.304. The fourth-order valence-corrected chi connectivity index (χ4v) is 6.20. The Bertz CT molecular complexity index is 846. The molecule has 0 nitrogen and oxygen atoms in total. The Balaban J connectivity index is 1.30. The third-order valence-electron chi connectivity index (χ3n) is 8.52. The SMILES string of the molecule is CCCCCC1CC=C(c2ccc(-c3ccc([C@H]4CC[C@H](CCCC)CC4)cc3)cc2)CC1. The highest BCUT2D eigenvalue weighted by atomic mass is 14.3. The Hall–Kier alpha value is -1.82. The van der Waals surface area contributed by atoms with Gasteiger partial charge in [-0.2, -0.15) is 0 Å². The largest absolute Gasteiger partial charge is 0.0804 e. The molecule has 178 valence electrons. The van der Waals surface area contributed by atoms with Crippen LogP contribution in [-0.2, 0) is 0 Å². The van der Waals surface area contributed by atoms with Crippen LogP contribution in [0, 0.1) is 11.8 Å². The van der Waals surface area contributed by atoms with Crippen LogP contribution in [0.25, 0.3) is 16.7 Å². The first kappa shape index (κ1) is 24.3. The zero-order valence-corrected chi connectivity index (χ0v) is 21.3. The monoisotopic (exact) mass is 442 g/mol. The van der Waals surface area contributed by atoms with Crippen LogP contribution in [0.5, 0.6) is 0 Å². The van der Waals surface area contributed by atoms with Crippen molar-refractivity contribution in [2.24, 2.45) is 11.8 Å². The van der Waals surface area contributed by atoms with Crippen molar-refractivity contribution in [2.75, 3.05) is 0 Å². The van der Waals surface area contributed by atoms with Crippen LogP contribution in [-0.4, -0.2) is 0 Å². The Kier molecular flexibility index (Phi) is 9.27. The molecule has 0 heteroatoms. The zero-order valence-electron chi connectivity index (χ0n) is 21.3. The summed E-state index contributed by atoms with van der Waals surface area (Å²) >= 11 is 0. The van der Waals surface area contributed by atoms with Crippen LogP contribution in [0.1, 0.15) is 121 Å². The van der Waals surface area contributed by atoms with Gasteiger partial charge >= 0.3 is 0 Å². The molecule has 0 bridgehead atoms. The van der Waals surface area contributed by atoms with E-state index < -0.39 is 0 Å². The molecule has 1 unspecified atom stereocenters. The van der Waals surface area contributed by atoms with Gasteiger partial charge in [0.05, 0.1) is 0 Å². The molecule has 2 aromatic rings. The normalized spacial score (nSPS) is 23.3. The molecule has 0 aromatic heterocycles. The van der Waals surface area contributed by atoms with Gasteiger partial charge in [-0.15, -0.1) is 0 Å². The maximum atomic E-state index is 2.53. The summed E-state index contributed by atoms with van der Waals surface area (Å²) in [4.78, 5) is 0. The molecule has 0 spiro atoms. The first-order valence-corrected chi connectivity index (χ1v) is 14.2. The number of rotatable bonds is 10. The van der Waals surface area contributed by atoms with Crippen molar-refractivity contribution in [3.63, 3.8) is 0 Å². The minimum absolute atomic E-state index is 0.781. The zero-order chi connectivity index (χ0) is 22.9. The molecule has 1 atom stereocenters. The number of hydrogen-bond donors (Lipinski definition) is 0. The lowest BCUT2D eigenvalue weighted by Crippen LogP contribution is -2.13. The molecule has 2 aromatic carbocycles. The van der Waals surface area contributed by atoms with Crippen molar-refractivity contribution in [3.05, 3.63) is 65.7 Å². The van der Waals surface area contributed by atoms with E-state index in [0.29, 0.717) is 0 Å². The number of benzene rings is 2. The molecule has 0 aliphatic heterocycles. The molecule has 2 aliphatic rings. The Labute approximate surface area is 203 Å². The second-order valence-electron chi connectivity index (χ2n) is 10.9. The van der Waals surface area contributed by atoms with Gasteiger partial charge in [-0.05, 0) is 90.5 Å². The Morgan fingerprint density at radius 1 is 0.606 bits per heavy atom. The lowest BCUT2D eigenvalue weighted by Gasteiger charge is -2.29. The molecule has 2 aliphatic carbocycles. The van der Waals surface area contributed by atoms with Crippen molar-refractivity contribution in [2.45, 2.75) is 110 Å². The van der Waals surface area contributed by atoms with Crippen LogP contribution >= 0.6 is 0 Å². The average molecular weight is 443 g/mol. The van der Waals surface area contributed by atoms with Gasteiger partial charge in [-0.3, -0.25) is 0 Å². The van der Waals surface area contributed by atoms with E-state index in [0.717, 1.165) is 17.8 Å². The summed E-state index contributed by atoms with van der Waals surface area (Å²) in [6.07, 6.45) is 21.9. The van der Waals surface area contributed by atoms with Crippen molar-refractivity contribution in [1.82, 2.24) is 0 Å². The molecular weight excluding hydrogens is 396 g/mol. The first-order chi connectivity index (χ1) is 16.3. The fourth-order valence-electron chi connectivity index (χ4n) is 6.20. The van der Waals surface area contributed by atoms with E-state index in [1.165, 1.54) is 107 Å². The van der Waals surface area contributed by atoms with Crippen LogP contribution in [0.3, 0.4) is 0 Å². The van der Waals surface area contributed by atoms with Crippen LogP contribution in [0.4, 0.5) is 0 Å². The molecule has 1 saturated carbocycles. The topological polar surface area (TPSA) is 0 Å². The van der Waals surface area contributed by atoms with Gasteiger partial charge in [0.2, 0.25) is 0 Å². The van der Waals surface area contributed by atoms with Gasteiger partial charge in [0.1, 0.15) is 0 Å². The predicted molar refractivity (Wildman–Crippen MR) is 146 cm³/mol. The van der Waals surface area contributed by atoms with Gasteiger partial charge in [0.25, 0.3) is 0 Å².